The molecule has 0 saturated heterocycles. The molecule has 0 fully saturated rings. The van der Waals surface area contributed by atoms with Gasteiger partial charge in [0.2, 0.25) is 5.91 Å². The van der Waals surface area contributed by atoms with Crippen LogP contribution in [-0.4, -0.2) is 10.9 Å². The average molecular weight is 339 g/mol. The van der Waals surface area contributed by atoms with Crippen LogP contribution in [0.15, 0.2) is 28.9 Å². The Hall–Kier alpha value is -1.95. The average Bonchev–Trinajstić information content (AvgIpc) is 2.35. The SMILES string of the molecule is Cc1cc(C(N)=O)cc(C)c1Oc1ncc(Br)cc1F. The van der Waals surface area contributed by atoms with Crippen molar-refractivity contribution in [2.45, 2.75) is 13.8 Å². The van der Waals surface area contributed by atoms with Crippen LogP contribution in [0.3, 0.4) is 0 Å². The largest absolute Gasteiger partial charge is 0.436 e. The smallest absolute Gasteiger partial charge is 0.255 e. The Labute approximate surface area is 123 Å². The van der Waals surface area contributed by atoms with Crippen LogP contribution >= 0.6 is 15.9 Å². The molecule has 104 valence electrons. The maximum atomic E-state index is 13.7. The summed E-state index contributed by atoms with van der Waals surface area (Å²) in [5.41, 5.74) is 6.99. The van der Waals surface area contributed by atoms with Gasteiger partial charge in [-0.05, 0) is 59.1 Å². The monoisotopic (exact) mass is 338 g/mol. The fourth-order valence-corrected chi connectivity index (χ4v) is 2.13. The lowest BCUT2D eigenvalue weighted by Gasteiger charge is -2.12. The molecule has 0 saturated carbocycles. The highest BCUT2D eigenvalue weighted by Crippen LogP contribution is 2.30. The van der Waals surface area contributed by atoms with E-state index < -0.39 is 11.7 Å². The Kier molecular flexibility index (Phi) is 4.04. The normalized spacial score (nSPS) is 10.4. The summed E-state index contributed by atoms with van der Waals surface area (Å²) in [7, 11) is 0. The minimum absolute atomic E-state index is 0.119. The third kappa shape index (κ3) is 2.96. The van der Waals surface area contributed by atoms with E-state index in [0.29, 0.717) is 26.9 Å². The molecule has 1 heterocycles. The highest BCUT2D eigenvalue weighted by Gasteiger charge is 2.13. The van der Waals surface area contributed by atoms with Crippen LogP contribution in [0.4, 0.5) is 4.39 Å². The summed E-state index contributed by atoms with van der Waals surface area (Å²) < 4.78 is 19.7. The van der Waals surface area contributed by atoms with Gasteiger partial charge >= 0.3 is 0 Å². The quantitative estimate of drug-likeness (QED) is 0.931. The first-order chi connectivity index (χ1) is 9.38. The number of halogens is 2. The number of carbonyl (C=O) groups is 1. The minimum Gasteiger partial charge on any atom is -0.436 e. The van der Waals surface area contributed by atoms with Gasteiger partial charge in [0.1, 0.15) is 5.75 Å². The molecule has 2 N–H and O–H groups in total. The molecule has 0 aliphatic rings. The molecule has 0 bridgehead atoms. The van der Waals surface area contributed by atoms with Crippen molar-refractivity contribution in [3.63, 3.8) is 0 Å². The molecule has 1 aromatic heterocycles. The van der Waals surface area contributed by atoms with Crippen LogP contribution < -0.4 is 10.5 Å². The highest BCUT2D eigenvalue weighted by molar-refractivity contribution is 9.10. The molecule has 1 aromatic carbocycles. The van der Waals surface area contributed by atoms with Crippen LogP contribution in [0.5, 0.6) is 11.6 Å². The number of nitrogens with two attached hydrogens (primary N) is 1. The number of primary amides is 1. The molecule has 0 radical (unpaired) electrons. The lowest BCUT2D eigenvalue weighted by molar-refractivity contribution is 0.1000. The Bertz CT molecular complexity index is 666. The summed E-state index contributed by atoms with van der Waals surface area (Å²) in [6.45, 7) is 3.51. The van der Waals surface area contributed by atoms with Crippen molar-refractivity contribution >= 4 is 21.8 Å². The summed E-state index contributed by atoms with van der Waals surface area (Å²) in [6, 6.07) is 4.47. The van der Waals surface area contributed by atoms with Gasteiger partial charge in [-0.25, -0.2) is 9.37 Å². The van der Waals surface area contributed by atoms with E-state index in [2.05, 4.69) is 20.9 Å². The Morgan fingerprint density at radius 2 is 1.90 bits per heavy atom. The maximum Gasteiger partial charge on any atom is 0.255 e. The number of aryl methyl sites for hydroxylation is 2. The maximum absolute atomic E-state index is 13.7. The van der Waals surface area contributed by atoms with Gasteiger partial charge in [-0.3, -0.25) is 4.79 Å². The minimum atomic E-state index is -0.572. The van der Waals surface area contributed by atoms with Crippen molar-refractivity contribution in [3.8, 4) is 11.6 Å². The molecule has 2 aromatic rings. The van der Waals surface area contributed by atoms with E-state index in [0.717, 1.165) is 0 Å². The molecule has 2 rings (SSSR count). The van der Waals surface area contributed by atoms with Crippen LogP contribution in [0, 0.1) is 19.7 Å². The van der Waals surface area contributed by atoms with Crippen molar-refractivity contribution in [3.05, 3.63) is 51.4 Å². The van der Waals surface area contributed by atoms with Gasteiger partial charge in [0.15, 0.2) is 5.82 Å². The Balaban J connectivity index is 2.41. The van der Waals surface area contributed by atoms with E-state index in [9.17, 15) is 9.18 Å². The van der Waals surface area contributed by atoms with Crippen LogP contribution in [0.25, 0.3) is 0 Å². The number of hydrogen-bond acceptors (Lipinski definition) is 3. The topological polar surface area (TPSA) is 65.2 Å². The summed E-state index contributed by atoms with van der Waals surface area (Å²) in [5.74, 6) is -0.747. The summed E-state index contributed by atoms with van der Waals surface area (Å²) >= 11 is 3.13. The fraction of sp³-hybridized carbons (Fsp3) is 0.143. The summed E-state index contributed by atoms with van der Waals surface area (Å²) in [6.07, 6.45) is 1.45. The number of nitrogens with zero attached hydrogens (tertiary/aromatic N) is 1. The fourth-order valence-electron chi connectivity index (χ4n) is 1.83. The van der Waals surface area contributed by atoms with E-state index >= 15 is 0 Å². The van der Waals surface area contributed by atoms with Gasteiger partial charge in [0.05, 0.1) is 0 Å². The van der Waals surface area contributed by atoms with E-state index in [1.165, 1.54) is 12.3 Å². The number of hydrogen-bond donors (Lipinski definition) is 1. The zero-order chi connectivity index (χ0) is 14.9. The summed E-state index contributed by atoms with van der Waals surface area (Å²) in [4.78, 5) is 15.0. The van der Waals surface area contributed by atoms with Crippen molar-refractivity contribution in [1.29, 1.82) is 0 Å². The molecular formula is C14H12BrFN2O2. The molecule has 0 unspecified atom stereocenters. The van der Waals surface area contributed by atoms with Crippen LogP contribution in [0.2, 0.25) is 0 Å². The molecule has 0 aliphatic heterocycles. The van der Waals surface area contributed by atoms with Gasteiger partial charge in [0, 0.05) is 16.2 Å². The lowest BCUT2D eigenvalue weighted by Crippen LogP contribution is -2.11. The molecule has 1 amide bonds. The zero-order valence-corrected chi connectivity index (χ0v) is 12.5. The molecule has 4 nitrogen and oxygen atoms in total. The molecule has 0 aliphatic carbocycles. The third-order valence-electron chi connectivity index (χ3n) is 2.72. The Morgan fingerprint density at radius 3 is 2.40 bits per heavy atom. The van der Waals surface area contributed by atoms with Crippen molar-refractivity contribution in [2.75, 3.05) is 0 Å². The van der Waals surface area contributed by atoms with Gasteiger partial charge in [0.25, 0.3) is 5.88 Å². The van der Waals surface area contributed by atoms with Gasteiger partial charge in [-0.1, -0.05) is 0 Å². The van der Waals surface area contributed by atoms with E-state index in [1.807, 2.05) is 0 Å². The van der Waals surface area contributed by atoms with Crippen LogP contribution in [-0.2, 0) is 0 Å². The number of rotatable bonds is 3. The van der Waals surface area contributed by atoms with Gasteiger partial charge < -0.3 is 10.5 Å². The van der Waals surface area contributed by atoms with Gasteiger partial charge in [-0.15, -0.1) is 0 Å². The summed E-state index contributed by atoms with van der Waals surface area (Å²) in [5, 5.41) is 0. The second kappa shape index (κ2) is 5.58. The standard InChI is InChI=1S/C14H12BrFN2O2/c1-7-3-9(13(17)19)4-8(2)12(7)20-14-11(16)5-10(15)6-18-14/h3-6H,1-2H3,(H2,17,19). The first-order valence-electron chi connectivity index (χ1n) is 5.78. The van der Waals surface area contributed by atoms with Crippen LogP contribution in [0.1, 0.15) is 21.5 Å². The second-order valence-corrected chi connectivity index (χ2v) is 5.26. The predicted octanol–water partition coefficient (Wildman–Crippen LogP) is 3.49. The third-order valence-corrected chi connectivity index (χ3v) is 3.15. The zero-order valence-electron chi connectivity index (χ0n) is 10.9. The number of pyridine rings is 1. The first kappa shape index (κ1) is 14.5. The van der Waals surface area contributed by atoms with Crippen molar-refractivity contribution in [2.24, 2.45) is 5.73 Å². The number of amides is 1. The van der Waals surface area contributed by atoms with E-state index in [-0.39, 0.29) is 5.88 Å². The number of ether oxygens (including phenoxy) is 1. The molecule has 0 atom stereocenters. The Morgan fingerprint density at radius 1 is 1.30 bits per heavy atom. The van der Waals surface area contributed by atoms with E-state index in [4.69, 9.17) is 10.5 Å². The lowest BCUT2D eigenvalue weighted by atomic mass is 10.1. The number of aromatic nitrogens is 1. The van der Waals surface area contributed by atoms with Crippen molar-refractivity contribution in [1.82, 2.24) is 4.98 Å². The first-order valence-corrected chi connectivity index (χ1v) is 6.57. The van der Waals surface area contributed by atoms with E-state index in [1.54, 1.807) is 26.0 Å². The highest BCUT2D eigenvalue weighted by atomic mass is 79.9. The molecule has 6 heteroatoms. The molecule has 20 heavy (non-hydrogen) atoms. The number of benzene rings is 1. The second-order valence-electron chi connectivity index (χ2n) is 4.35. The number of carbonyl (C=O) groups excluding carboxylic acids is 1. The van der Waals surface area contributed by atoms with Crippen molar-refractivity contribution < 1.29 is 13.9 Å². The molecule has 0 spiro atoms. The molecular weight excluding hydrogens is 327 g/mol. The predicted molar refractivity (Wildman–Crippen MR) is 76.4 cm³/mol. The van der Waals surface area contributed by atoms with Gasteiger partial charge in [-0.2, -0.15) is 0 Å².